The topological polar surface area (TPSA) is 39.7 Å². The van der Waals surface area contributed by atoms with E-state index in [1.165, 1.54) is 37.1 Å². The lowest BCUT2D eigenvalue weighted by Crippen LogP contribution is -2.50. The van der Waals surface area contributed by atoms with Gasteiger partial charge in [-0.1, -0.05) is 42.0 Å². The minimum absolute atomic E-state index is 0.124. The van der Waals surface area contributed by atoms with Crippen molar-refractivity contribution in [2.24, 2.45) is 0 Å². The summed E-state index contributed by atoms with van der Waals surface area (Å²) in [7, 11) is 0. The molecular weight excluding hydrogens is 408 g/mol. The van der Waals surface area contributed by atoms with Gasteiger partial charge in [-0.05, 0) is 57.5 Å². The molecule has 0 saturated carbocycles. The zero-order chi connectivity index (χ0) is 22.8. The molecule has 2 saturated heterocycles. The van der Waals surface area contributed by atoms with E-state index in [0.717, 1.165) is 67.0 Å². The van der Waals surface area contributed by atoms with Crippen molar-refractivity contribution in [1.29, 1.82) is 0 Å². The third kappa shape index (κ3) is 4.80. The molecule has 3 aromatic rings. The molecule has 1 amide bonds. The Morgan fingerprint density at radius 3 is 2.27 bits per heavy atom. The first-order valence-electron chi connectivity index (χ1n) is 12.3. The number of para-hydroxylation sites is 1. The normalized spacial score (nSPS) is 17.7. The minimum atomic E-state index is 0.124. The Bertz CT molecular complexity index is 1140. The van der Waals surface area contributed by atoms with E-state index in [-0.39, 0.29) is 5.91 Å². The lowest BCUT2D eigenvalue weighted by Gasteiger charge is -2.35. The standard InChI is InChI=1S/C28H34N4O/c1-21-9-10-23(22(2)19-21)27-20-25(24-7-3-4-8-26(24)29-27)28(33)32-17-15-31(16-18-32)14-13-30-11-5-6-12-30/h3-4,7-10,19-20H,5-6,11-18H2,1-2H3. The predicted octanol–water partition coefficient (Wildman–Crippen LogP) is 4.37. The Kier molecular flexibility index (Phi) is 6.43. The first-order valence-corrected chi connectivity index (χ1v) is 12.3. The minimum Gasteiger partial charge on any atom is -0.336 e. The third-order valence-electron chi connectivity index (χ3n) is 7.20. The van der Waals surface area contributed by atoms with Crippen molar-refractivity contribution in [1.82, 2.24) is 19.7 Å². The number of carbonyl (C=O) groups excluding carboxylic acids is 1. The third-order valence-corrected chi connectivity index (χ3v) is 7.20. The van der Waals surface area contributed by atoms with Gasteiger partial charge in [0, 0.05) is 50.2 Å². The first kappa shape index (κ1) is 22.1. The molecular formula is C28H34N4O. The number of aryl methyl sites for hydroxylation is 2. The highest BCUT2D eigenvalue weighted by molar-refractivity contribution is 6.07. The molecule has 0 aliphatic carbocycles. The van der Waals surface area contributed by atoms with Crippen LogP contribution in [0.2, 0.25) is 0 Å². The molecule has 5 nitrogen and oxygen atoms in total. The van der Waals surface area contributed by atoms with E-state index >= 15 is 0 Å². The fraction of sp³-hybridized carbons (Fsp3) is 0.429. The van der Waals surface area contributed by atoms with Crippen LogP contribution in [-0.4, -0.2) is 77.9 Å². The molecule has 0 unspecified atom stereocenters. The summed E-state index contributed by atoms with van der Waals surface area (Å²) in [6.07, 6.45) is 2.68. The number of rotatable bonds is 5. The SMILES string of the molecule is Cc1ccc(-c2cc(C(=O)N3CCN(CCN4CCCC4)CC3)c3ccccc3n2)c(C)c1. The zero-order valence-electron chi connectivity index (χ0n) is 19.9. The maximum atomic E-state index is 13.7. The first-order chi connectivity index (χ1) is 16.1. The lowest BCUT2D eigenvalue weighted by atomic mass is 9.99. The van der Waals surface area contributed by atoms with Gasteiger partial charge in [-0.2, -0.15) is 0 Å². The highest BCUT2D eigenvalue weighted by Crippen LogP contribution is 2.28. The van der Waals surface area contributed by atoms with Crippen molar-refractivity contribution in [2.45, 2.75) is 26.7 Å². The molecule has 0 radical (unpaired) electrons. The van der Waals surface area contributed by atoms with Crippen LogP contribution in [0.1, 0.15) is 34.3 Å². The van der Waals surface area contributed by atoms with Crippen molar-refractivity contribution in [3.8, 4) is 11.3 Å². The summed E-state index contributed by atoms with van der Waals surface area (Å²) in [6.45, 7) is 12.4. The van der Waals surface area contributed by atoms with E-state index in [4.69, 9.17) is 4.98 Å². The van der Waals surface area contributed by atoms with Crippen molar-refractivity contribution >= 4 is 16.8 Å². The van der Waals surface area contributed by atoms with Gasteiger partial charge in [0.1, 0.15) is 0 Å². The molecule has 0 N–H and O–H groups in total. The Morgan fingerprint density at radius 2 is 1.55 bits per heavy atom. The van der Waals surface area contributed by atoms with E-state index in [9.17, 15) is 4.79 Å². The van der Waals surface area contributed by atoms with Crippen LogP contribution in [0.4, 0.5) is 0 Å². The second-order valence-corrected chi connectivity index (χ2v) is 9.57. The second-order valence-electron chi connectivity index (χ2n) is 9.57. The maximum absolute atomic E-state index is 13.7. The number of carbonyl (C=O) groups is 1. The van der Waals surface area contributed by atoms with E-state index in [1.807, 2.05) is 35.2 Å². The van der Waals surface area contributed by atoms with Gasteiger partial charge < -0.3 is 9.80 Å². The average molecular weight is 443 g/mol. The van der Waals surface area contributed by atoms with Crippen LogP contribution < -0.4 is 0 Å². The number of pyridine rings is 1. The van der Waals surface area contributed by atoms with Crippen LogP contribution in [0.15, 0.2) is 48.5 Å². The summed E-state index contributed by atoms with van der Waals surface area (Å²) in [5.74, 6) is 0.124. The predicted molar refractivity (Wildman–Crippen MR) is 135 cm³/mol. The van der Waals surface area contributed by atoms with Gasteiger partial charge in [0.2, 0.25) is 0 Å². The van der Waals surface area contributed by atoms with Crippen LogP contribution in [0.5, 0.6) is 0 Å². The van der Waals surface area contributed by atoms with Gasteiger partial charge in [-0.25, -0.2) is 4.98 Å². The number of piperazine rings is 1. The molecule has 5 heteroatoms. The number of hydrogen-bond donors (Lipinski definition) is 0. The van der Waals surface area contributed by atoms with Crippen LogP contribution >= 0.6 is 0 Å². The van der Waals surface area contributed by atoms with Gasteiger partial charge in [-0.3, -0.25) is 9.69 Å². The Hall–Kier alpha value is -2.76. The van der Waals surface area contributed by atoms with Crippen molar-refractivity contribution in [3.63, 3.8) is 0 Å². The summed E-state index contributed by atoms with van der Waals surface area (Å²) in [4.78, 5) is 25.7. The van der Waals surface area contributed by atoms with Crippen LogP contribution in [-0.2, 0) is 0 Å². The molecule has 33 heavy (non-hydrogen) atoms. The lowest BCUT2D eigenvalue weighted by molar-refractivity contribution is 0.0628. The molecule has 0 atom stereocenters. The number of fused-ring (bicyclic) bond motifs is 1. The van der Waals surface area contributed by atoms with Gasteiger partial charge in [0.15, 0.2) is 0 Å². The number of benzene rings is 2. The molecule has 2 fully saturated rings. The maximum Gasteiger partial charge on any atom is 0.254 e. The Morgan fingerprint density at radius 1 is 0.848 bits per heavy atom. The molecule has 1 aromatic heterocycles. The van der Waals surface area contributed by atoms with Gasteiger partial charge in [-0.15, -0.1) is 0 Å². The van der Waals surface area contributed by atoms with Crippen LogP contribution in [0.3, 0.4) is 0 Å². The van der Waals surface area contributed by atoms with E-state index in [2.05, 4.69) is 41.8 Å². The molecule has 2 aliphatic rings. The molecule has 2 aromatic carbocycles. The highest BCUT2D eigenvalue weighted by atomic mass is 16.2. The van der Waals surface area contributed by atoms with Crippen molar-refractivity contribution < 1.29 is 4.79 Å². The zero-order valence-corrected chi connectivity index (χ0v) is 19.9. The smallest absolute Gasteiger partial charge is 0.254 e. The van der Waals surface area contributed by atoms with Crippen LogP contribution in [0.25, 0.3) is 22.2 Å². The fourth-order valence-electron chi connectivity index (χ4n) is 5.23. The summed E-state index contributed by atoms with van der Waals surface area (Å²) >= 11 is 0. The summed E-state index contributed by atoms with van der Waals surface area (Å²) < 4.78 is 0. The van der Waals surface area contributed by atoms with Gasteiger partial charge in [0.05, 0.1) is 16.8 Å². The summed E-state index contributed by atoms with van der Waals surface area (Å²) in [5, 5.41) is 0.937. The number of likely N-dealkylation sites (tertiary alicyclic amines) is 1. The molecule has 2 aliphatic heterocycles. The van der Waals surface area contributed by atoms with E-state index in [0.29, 0.717) is 0 Å². The van der Waals surface area contributed by atoms with E-state index < -0.39 is 0 Å². The van der Waals surface area contributed by atoms with Gasteiger partial charge >= 0.3 is 0 Å². The Labute approximate surface area is 197 Å². The Balaban J connectivity index is 1.36. The monoisotopic (exact) mass is 442 g/mol. The second kappa shape index (κ2) is 9.62. The average Bonchev–Trinajstić information content (AvgIpc) is 3.36. The summed E-state index contributed by atoms with van der Waals surface area (Å²) in [5.41, 5.74) is 6.02. The molecule has 3 heterocycles. The van der Waals surface area contributed by atoms with Crippen molar-refractivity contribution in [3.05, 3.63) is 65.2 Å². The number of nitrogens with zero attached hydrogens (tertiary/aromatic N) is 4. The van der Waals surface area contributed by atoms with E-state index in [1.54, 1.807) is 0 Å². The largest absolute Gasteiger partial charge is 0.336 e. The number of aromatic nitrogens is 1. The summed E-state index contributed by atoms with van der Waals surface area (Å²) in [6, 6.07) is 16.4. The van der Waals surface area contributed by atoms with Crippen molar-refractivity contribution in [2.75, 3.05) is 52.4 Å². The fourth-order valence-corrected chi connectivity index (χ4v) is 5.23. The quantitative estimate of drug-likeness (QED) is 0.588. The number of amides is 1. The van der Waals surface area contributed by atoms with Crippen LogP contribution in [0, 0.1) is 13.8 Å². The molecule has 172 valence electrons. The molecule has 5 rings (SSSR count). The van der Waals surface area contributed by atoms with Gasteiger partial charge in [0.25, 0.3) is 5.91 Å². The molecule has 0 spiro atoms. The number of hydrogen-bond acceptors (Lipinski definition) is 4. The molecule has 0 bridgehead atoms. The highest BCUT2D eigenvalue weighted by Gasteiger charge is 2.25.